The number of benzene rings is 2. The molecule has 0 amide bonds. The summed E-state index contributed by atoms with van der Waals surface area (Å²) < 4.78 is 23.7. The molecule has 3 rings (SSSR count). The average molecular weight is 328 g/mol. The summed E-state index contributed by atoms with van der Waals surface area (Å²) in [5.74, 6) is 2.12. The number of hydrogen-bond donors (Lipinski definition) is 2. The third-order valence-electron chi connectivity index (χ3n) is 3.49. The van der Waals surface area contributed by atoms with E-state index in [0.717, 1.165) is 11.3 Å². The minimum atomic E-state index is -0.531. The van der Waals surface area contributed by atoms with Gasteiger partial charge in [0, 0.05) is 0 Å². The first-order valence-electron chi connectivity index (χ1n) is 7.35. The van der Waals surface area contributed by atoms with Crippen LogP contribution < -0.4 is 15.2 Å². The topological polar surface area (TPSA) is 86.1 Å². The van der Waals surface area contributed by atoms with Gasteiger partial charge in [0.25, 0.3) is 0 Å². The Morgan fingerprint density at radius 1 is 1.08 bits per heavy atom. The molecule has 6 nitrogen and oxygen atoms in total. The molecule has 7 heteroatoms. The molecular weight excluding hydrogens is 311 g/mol. The molecule has 0 aliphatic carbocycles. The number of nitrogens with zero attached hydrogens (tertiary/aromatic N) is 2. The predicted molar refractivity (Wildman–Crippen MR) is 86.1 cm³/mol. The van der Waals surface area contributed by atoms with E-state index in [2.05, 4.69) is 15.2 Å². The average Bonchev–Trinajstić information content (AvgIpc) is 3.09. The Morgan fingerprint density at radius 2 is 1.75 bits per heavy atom. The van der Waals surface area contributed by atoms with Gasteiger partial charge in [-0.15, -0.1) is 0 Å². The maximum absolute atomic E-state index is 13.0. The van der Waals surface area contributed by atoms with Crippen LogP contribution in [0.3, 0.4) is 0 Å². The lowest BCUT2D eigenvalue weighted by Gasteiger charge is -2.07. The first-order chi connectivity index (χ1) is 11.7. The molecule has 3 N–H and O–H groups in total. The standard InChI is InChI=1S/C17H17FN4O2/c1-23-13-6-8-14(9-7-13)24-10-15-20-17(22-21-15)16(19)11-2-4-12(18)5-3-11/h2-9,16H,10,19H2,1H3,(H,20,21,22)/t16-/m0/s1. The number of nitrogens with one attached hydrogen (secondary N) is 1. The highest BCUT2D eigenvalue weighted by molar-refractivity contribution is 5.31. The minimum Gasteiger partial charge on any atom is -0.497 e. The summed E-state index contributed by atoms with van der Waals surface area (Å²) in [6.07, 6.45) is 0. The first kappa shape index (κ1) is 15.9. The highest BCUT2D eigenvalue weighted by atomic mass is 19.1. The molecule has 0 saturated heterocycles. The van der Waals surface area contributed by atoms with Gasteiger partial charge in [-0.25, -0.2) is 9.37 Å². The van der Waals surface area contributed by atoms with Gasteiger partial charge in [-0.05, 0) is 42.0 Å². The van der Waals surface area contributed by atoms with Gasteiger partial charge in [-0.3, -0.25) is 5.10 Å². The normalized spacial score (nSPS) is 12.0. The van der Waals surface area contributed by atoms with Gasteiger partial charge in [-0.2, -0.15) is 5.10 Å². The number of aromatic nitrogens is 3. The van der Waals surface area contributed by atoms with Gasteiger partial charge in [0.1, 0.15) is 23.9 Å². The third kappa shape index (κ3) is 3.69. The summed E-state index contributed by atoms with van der Waals surface area (Å²) in [6.45, 7) is 0.232. The zero-order valence-corrected chi connectivity index (χ0v) is 13.1. The number of rotatable bonds is 6. The fourth-order valence-electron chi connectivity index (χ4n) is 2.16. The van der Waals surface area contributed by atoms with Crippen LogP contribution in [0.15, 0.2) is 48.5 Å². The summed E-state index contributed by atoms with van der Waals surface area (Å²) in [5, 5.41) is 6.90. The monoisotopic (exact) mass is 328 g/mol. The van der Waals surface area contributed by atoms with Crippen molar-refractivity contribution >= 4 is 0 Å². The van der Waals surface area contributed by atoms with Crippen LogP contribution in [0, 0.1) is 5.82 Å². The van der Waals surface area contributed by atoms with Crippen LogP contribution in [0.4, 0.5) is 4.39 Å². The highest BCUT2D eigenvalue weighted by Crippen LogP contribution is 2.19. The summed E-state index contributed by atoms with van der Waals surface area (Å²) in [5.41, 5.74) is 6.83. The lowest BCUT2D eigenvalue weighted by atomic mass is 10.1. The lowest BCUT2D eigenvalue weighted by Crippen LogP contribution is -2.13. The maximum atomic E-state index is 13.0. The number of nitrogens with two attached hydrogens (primary N) is 1. The molecule has 0 spiro atoms. The van der Waals surface area contributed by atoms with Crippen LogP contribution in [-0.4, -0.2) is 22.3 Å². The van der Waals surface area contributed by atoms with Crippen molar-refractivity contribution in [2.45, 2.75) is 12.6 Å². The van der Waals surface area contributed by atoms with Gasteiger partial charge in [0.15, 0.2) is 11.6 Å². The van der Waals surface area contributed by atoms with E-state index in [-0.39, 0.29) is 12.4 Å². The molecule has 0 unspecified atom stereocenters. The molecule has 0 saturated carbocycles. The molecule has 0 aliphatic heterocycles. The Bertz CT molecular complexity index is 787. The second kappa shape index (κ2) is 7.10. The second-order valence-corrected chi connectivity index (χ2v) is 5.13. The van der Waals surface area contributed by atoms with Crippen molar-refractivity contribution in [3.63, 3.8) is 0 Å². The van der Waals surface area contributed by atoms with Gasteiger partial charge >= 0.3 is 0 Å². The van der Waals surface area contributed by atoms with Crippen molar-refractivity contribution in [3.05, 3.63) is 71.6 Å². The molecule has 0 bridgehead atoms. The first-order valence-corrected chi connectivity index (χ1v) is 7.35. The van der Waals surface area contributed by atoms with Crippen molar-refractivity contribution in [1.82, 2.24) is 15.2 Å². The number of H-pyrrole nitrogens is 1. The Morgan fingerprint density at radius 3 is 2.42 bits per heavy atom. The predicted octanol–water partition coefficient (Wildman–Crippen LogP) is 2.58. The van der Waals surface area contributed by atoms with E-state index in [1.165, 1.54) is 12.1 Å². The number of ether oxygens (including phenoxy) is 2. The molecule has 124 valence electrons. The summed E-state index contributed by atoms with van der Waals surface area (Å²) in [4.78, 5) is 4.32. The van der Waals surface area contributed by atoms with E-state index in [4.69, 9.17) is 15.2 Å². The van der Waals surface area contributed by atoms with Gasteiger partial charge < -0.3 is 15.2 Å². The Kier molecular flexibility index (Phi) is 4.72. The molecule has 1 heterocycles. The maximum Gasteiger partial charge on any atom is 0.172 e. The number of halogens is 1. The molecule has 1 aromatic heterocycles. The molecule has 0 aliphatic rings. The quantitative estimate of drug-likeness (QED) is 0.726. The van der Waals surface area contributed by atoms with Crippen LogP contribution in [0.1, 0.15) is 23.3 Å². The zero-order chi connectivity index (χ0) is 16.9. The number of hydrogen-bond acceptors (Lipinski definition) is 5. The van der Waals surface area contributed by atoms with Crippen molar-refractivity contribution in [2.75, 3.05) is 7.11 Å². The Hall–Kier alpha value is -2.93. The Labute approximate surface area is 138 Å². The minimum absolute atomic E-state index is 0.232. The lowest BCUT2D eigenvalue weighted by molar-refractivity contribution is 0.295. The highest BCUT2D eigenvalue weighted by Gasteiger charge is 2.14. The smallest absolute Gasteiger partial charge is 0.172 e. The van der Waals surface area contributed by atoms with E-state index >= 15 is 0 Å². The SMILES string of the molecule is COc1ccc(OCc2nc([C@@H](N)c3ccc(F)cc3)n[nH]2)cc1. The number of methoxy groups -OCH3 is 1. The van der Waals surface area contributed by atoms with Crippen molar-refractivity contribution in [3.8, 4) is 11.5 Å². The molecule has 3 aromatic rings. The van der Waals surface area contributed by atoms with Crippen LogP contribution in [-0.2, 0) is 6.61 Å². The van der Waals surface area contributed by atoms with Gasteiger partial charge in [-0.1, -0.05) is 12.1 Å². The Balaban J connectivity index is 1.63. The van der Waals surface area contributed by atoms with Crippen molar-refractivity contribution in [1.29, 1.82) is 0 Å². The summed E-state index contributed by atoms with van der Waals surface area (Å²) in [7, 11) is 1.61. The van der Waals surface area contributed by atoms with Crippen molar-refractivity contribution < 1.29 is 13.9 Å². The van der Waals surface area contributed by atoms with Gasteiger partial charge in [0.2, 0.25) is 0 Å². The molecule has 0 radical (unpaired) electrons. The fourth-order valence-corrected chi connectivity index (χ4v) is 2.16. The van der Waals surface area contributed by atoms with E-state index in [0.29, 0.717) is 17.4 Å². The van der Waals surface area contributed by atoms with Crippen molar-refractivity contribution in [2.24, 2.45) is 5.73 Å². The summed E-state index contributed by atoms with van der Waals surface area (Å²) >= 11 is 0. The summed E-state index contributed by atoms with van der Waals surface area (Å²) in [6, 6.07) is 12.6. The second-order valence-electron chi connectivity index (χ2n) is 5.13. The number of aromatic amines is 1. The van der Waals surface area contributed by atoms with Crippen LogP contribution in [0.2, 0.25) is 0 Å². The largest absolute Gasteiger partial charge is 0.497 e. The van der Waals surface area contributed by atoms with E-state index in [1.54, 1.807) is 31.4 Å². The molecule has 1 atom stereocenters. The van der Waals surface area contributed by atoms with E-state index in [9.17, 15) is 4.39 Å². The van der Waals surface area contributed by atoms with E-state index in [1.807, 2.05) is 12.1 Å². The van der Waals surface area contributed by atoms with Crippen LogP contribution in [0.5, 0.6) is 11.5 Å². The van der Waals surface area contributed by atoms with Crippen LogP contribution >= 0.6 is 0 Å². The molecule has 0 fully saturated rings. The van der Waals surface area contributed by atoms with Crippen LogP contribution in [0.25, 0.3) is 0 Å². The molecule has 24 heavy (non-hydrogen) atoms. The molecular formula is C17H17FN4O2. The fraction of sp³-hybridized carbons (Fsp3) is 0.176. The van der Waals surface area contributed by atoms with E-state index < -0.39 is 6.04 Å². The zero-order valence-electron chi connectivity index (χ0n) is 13.1. The molecule has 2 aromatic carbocycles. The van der Waals surface area contributed by atoms with Gasteiger partial charge in [0.05, 0.1) is 13.2 Å². The third-order valence-corrected chi connectivity index (χ3v) is 3.49.